The summed E-state index contributed by atoms with van der Waals surface area (Å²) < 4.78 is 63.3. The van der Waals surface area contributed by atoms with Crippen LogP contribution >= 0.6 is 23.2 Å². The smallest absolute Gasteiger partial charge is 0.418 e. The SMILES string of the molecule is O=[N+]([O-])c1ccc(Cl)c(COc2cccc(-c3c4cccc(C(F)(F)F)c4nn3Cc3ccc(Cl)cc3F)c2)c1. The van der Waals surface area contributed by atoms with Crippen molar-refractivity contribution < 1.29 is 27.2 Å². The average molecular weight is 590 g/mol. The first-order chi connectivity index (χ1) is 19.0. The average Bonchev–Trinajstić information content (AvgIpc) is 3.27. The van der Waals surface area contributed by atoms with E-state index in [4.69, 9.17) is 27.9 Å². The molecule has 0 atom stereocenters. The second-order valence-electron chi connectivity index (χ2n) is 8.79. The van der Waals surface area contributed by atoms with E-state index in [2.05, 4.69) is 5.10 Å². The number of nitro benzene ring substituents is 1. The van der Waals surface area contributed by atoms with Crippen LogP contribution in [0.2, 0.25) is 10.0 Å². The molecule has 0 unspecified atom stereocenters. The van der Waals surface area contributed by atoms with Gasteiger partial charge in [-0.15, -0.1) is 0 Å². The van der Waals surface area contributed by atoms with Crippen LogP contribution in [0, 0.1) is 15.9 Å². The Kier molecular flexibility index (Phi) is 7.39. The molecule has 0 amide bonds. The summed E-state index contributed by atoms with van der Waals surface area (Å²) in [6, 6.07) is 18.3. The van der Waals surface area contributed by atoms with E-state index < -0.39 is 22.5 Å². The summed E-state index contributed by atoms with van der Waals surface area (Å²) in [5.74, 6) is -0.300. The fourth-order valence-corrected chi connectivity index (χ4v) is 4.62. The molecule has 0 spiro atoms. The highest BCUT2D eigenvalue weighted by Gasteiger charge is 2.34. The van der Waals surface area contributed by atoms with Crippen LogP contribution < -0.4 is 4.74 Å². The molecule has 0 N–H and O–H groups in total. The minimum atomic E-state index is -4.66. The Morgan fingerprint density at radius 3 is 2.45 bits per heavy atom. The minimum absolute atomic E-state index is 0.0990. The number of benzene rings is 4. The normalized spacial score (nSPS) is 11.7. The van der Waals surface area contributed by atoms with Gasteiger partial charge in [0.2, 0.25) is 0 Å². The number of rotatable bonds is 7. The topological polar surface area (TPSA) is 70.2 Å². The van der Waals surface area contributed by atoms with E-state index in [9.17, 15) is 27.7 Å². The molecule has 12 heteroatoms. The maximum absolute atomic E-state index is 14.7. The van der Waals surface area contributed by atoms with Crippen LogP contribution in [0.1, 0.15) is 16.7 Å². The zero-order valence-corrected chi connectivity index (χ0v) is 21.8. The number of fused-ring (bicyclic) bond motifs is 1. The van der Waals surface area contributed by atoms with Gasteiger partial charge in [-0.3, -0.25) is 14.8 Å². The first kappa shape index (κ1) is 27.4. The van der Waals surface area contributed by atoms with E-state index in [1.165, 1.54) is 47.1 Å². The molecule has 1 aromatic heterocycles. The fourth-order valence-electron chi connectivity index (χ4n) is 4.29. The predicted octanol–water partition coefficient (Wildman–Crippen LogP) is 8.70. The molecule has 4 aromatic carbocycles. The van der Waals surface area contributed by atoms with Crippen molar-refractivity contribution in [3.63, 3.8) is 0 Å². The summed E-state index contributed by atoms with van der Waals surface area (Å²) in [4.78, 5) is 10.6. The van der Waals surface area contributed by atoms with Crippen molar-refractivity contribution in [1.29, 1.82) is 0 Å². The van der Waals surface area contributed by atoms with Crippen LogP contribution in [-0.4, -0.2) is 14.7 Å². The molecule has 0 aliphatic rings. The van der Waals surface area contributed by atoms with Crippen LogP contribution in [0.15, 0.2) is 78.9 Å². The first-order valence-corrected chi connectivity index (χ1v) is 12.4. The van der Waals surface area contributed by atoms with Crippen LogP contribution in [0.4, 0.5) is 23.2 Å². The Hall–Kier alpha value is -4.15. The minimum Gasteiger partial charge on any atom is -0.489 e. The van der Waals surface area contributed by atoms with Gasteiger partial charge >= 0.3 is 6.18 Å². The van der Waals surface area contributed by atoms with Gasteiger partial charge in [0.15, 0.2) is 0 Å². The molecule has 5 aromatic rings. The largest absolute Gasteiger partial charge is 0.489 e. The molecular weight excluding hydrogens is 573 g/mol. The standard InChI is InChI=1S/C28H17Cl2F4N3O3/c29-19-8-7-17(25(31)13-19)14-36-27(22-5-2-6-23(26(22)35-36)28(32,33)34)16-3-1-4-21(12-16)40-15-18-11-20(37(38)39)9-10-24(18)30/h1-13H,14-15H2. The van der Waals surface area contributed by atoms with Gasteiger partial charge in [0.1, 0.15) is 23.7 Å². The van der Waals surface area contributed by atoms with Crippen LogP contribution in [-0.2, 0) is 19.3 Å². The second kappa shape index (κ2) is 10.8. The number of halogens is 6. The van der Waals surface area contributed by atoms with Gasteiger partial charge in [0, 0.05) is 44.3 Å². The molecular formula is C28H17Cl2F4N3O3. The number of ether oxygens (including phenoxy) is 1. The third-order valence-electron chi connectivity index (χ3n) is 6.15. The predicted molar refractivity (Wildman–Crippen MR) is 143 cm³/mol. The van der Waals surface area contributed by atoms with E-state index in [-0.39, 0.29) is 45.4 Å². The zero-order valence-electron chi connectivity index (χ0n) is 20.3. The molecule has 204 valence electrons. The van der Waals surface area contributed by atoms with Crippen molar-refractivity contribution in [2.75, 3.05) is 0 Å². The van der Waals surface area contributed by atoms with Gasteiger partial charge < -0.3 is 4.74 Å². The van der Waals surface area contributed by atoms with E-state index >= 15 is 0 Å². The first-order valence-electron chi connectivity index (χ1n) is 11.7. The third-order valence-corrected chi connectivity index (χ3v) is 6.76. The number of aromatic nitrogens is 2. The quantitative estimate of drug-likeness (QED) is 0.108. The number of non-ortho nitro benzene ring substituents is 1. The van der Waals surface area contributed by atoms with Crippen LogP contribution in [0.3, 0.4) is 0 Å². The Morgan fingerprint density at radius 1 is 0.950 bits per heavy atom. The number of alkyl halides is 3. The maximum atomic E-state index is 14.7. The highest BCUT2D eigenvalue weighted by molar-refractivity contribution is 6.31. The van der Waals surface area contributed by atoms with Crippen molar-refractivity contribution in [3.05, 3.63) is 122 Å². The summed E-state index contributed by atoms with van der Waals surface area (Å²) >= 11 is 12.0. The number of nitro groups is 1. The summed E-state index contributed by atoms with van der Waals surface area (Å²) in [7, 11) is 0. The summed E-state index contributed by atoms with van der Waals surface area (Å²) in [6.45, 7) is -0.267. The van der Waals surface area contributed by atoms with Crippen LogP contribution in [0.5, 0.6) is 5.75 Å². The van der Waals surface area contributed by atoms with Crippen molar-refractivity contribution in [3.8, 4) is 17.0 Å². The Balaban J connectivity index is 1.57. The van der Waals surface area contributed by atoms with Gasteiger partial charge in [-0.05, 0) is 36.4 Å². The van der Waals surface area contributed by atoms with Crippen molar-refractivity contribution in [2.24, 2.45) is 0 Å². The number of hydrogen-bond acceptors (Lipinski definition) is 4. The highest BCUT2D eigenvalue weighted by Crippen LogP contribution is 2.39. The molecule has 0 aliphatic carbocycles. The number of nitrogens with zero attached hydrogens (tertiary/aromatic N) is 3. The lowest BCUT2D eigenvalue weighted by Crippen LogP contribution is -2.07. The Bertz CT molecular complexity index is 1760. The van der Waals surface area contributed by atoms with Gasteiger partial charge in [0.05, 0.1) is 22.7 Å². The van der Waals surface area contributed by atoms with Gasteiger partial charge in [-0.25, -0.2) is 4.39 Å². The van der Waals surface area contributed by atoms with E-state index in [0.29, 0.717) is 22.6 Å². The van der Waals surface area contributed by atoms with E-state index in [0.717, 1.165) is 12.1 Å². The molecule has 0 fully saturated rings. The summed E-state index contributed by atoms with van der Waals surface area (Å²) in [5, 5.41) is 16.0. The lowest BCUT2D eigenvalue weighted by molar-refractivity contribution is -0.384. The van der Waals surface area contributed by atoms with Crippen LogP contribution in [0.25, 0.3) is 22.2 Å². The fraction of sp³-hybridized carbons (Fsp3) is 0.107. The van der Waals surface area contributed by atoms with Crippen molar-refractivity contribution >= 4 is 39.8 Å². The molecule has 1 heterocycles. The Labute approximate surface area is 234 Å². The monoisotopic (exact) mass is 589 g/mol. The lowest BCUT2D eigenvalue weighted by atomic mass is 10.0. The van der Waals surface area contributed by atoms with Crippen molar-refractivity contribution in [1.82, 2.24) is 9.78 Å². The third kappa shape index (κ3) is 5.59. The Morgan fingerprint density at radius 2 is 1.73 bits per heavy atom. The maximum Gasteiger partial charge on any atom is 0.418 e. The highest BCUT2D eigenvalue weighted by atomic mass is 35.5. The molecule has 0 bridgehead atoms. The van der Waals surface area contributed by atoms with E-state index in [1.807, 2.05) is 0 Å². The molecule has 40 heavy (non-hydrogen) atoms. The zero-order chi connectivity index (χ0) is 28.6. The molecule has 0 radical (unpaired) electrons. The summed E-state index contributed by atoms with van der Waals surface area (Å²) in [6.07, 6.45) is -4.66. The lowest BCUT2D eigenvalue weighted by Gasteiger charge is -2.12. The van der Waals surface area contributed by atoms with Crippen molar-refractivity contribution in [2.45, 2.75) is 19.3 Å². The molecule has 5 rings (SSSR count). The summed E-state index contributed by atoms with van der Waals surface area (Å²) in [5.41, 5.74) is -0.0250. The second-order valence-corrected chi connectivity index (χ2v) is 9.63. The van der Waals surface area contributed by atoms with Gasteiger partial charge in [-0.1, -0.05) is 53.5 Å². The molecule has 0 saturated heterocycles. The number of hydrogen-bond donors (Lipinski definition) is 0. The molecule has 6 nitrogen and oxygen atoms in total. The molecule has 0 aliphatic heterocycles. The van der Waals surface area contributed by atoms with Gasteiger partial charge in [0.25, 0.3) is 5.69 Å². The molecule has 0 saturated carbocycles. The van der Waals surface area contributed by atoms with E-state index in [1.54, 1.807) is 24.3 Å². The van der Waals surface area contributed by atoms with Gasteiger partial charge in [-0.2, -0.15) is 18.3 Å².